The number of hydrogen-bond donors (Lipinski definition) is 4. The van der Waals surface area contributed by atoms with Crippen LogP contribution in [0.25, 0.3) is 10.9 Å². The number of carbonyl (C=O) groups is 1. The highest BCUT2D eigenvalue weighted by atomic mass is 16.2. The number of rotatable bonds is 7. The number of aromatic amines is 1. The molecule has 0 saturated carbocycles. The zero-order valence-electron chi connectivity index (χ0n) is 13.4. The predicted octanol–water partition coefficient (Wildman–Crippen LogP) is 2.52. The first kappa shape index (κ1) is 15.9. The van der Waals surface area contributed by atoms with E-state index in [0.717, 1.165) is 17.8 Å². The summed E-state index contributed by atoms with van der Waals surface area (Å²) in [6.07, 6.45) is 4.53. The van der Waals surface area contributed by atoms with Crippen molar-refractivity contribution in [2.45, 2.75) is 6.42 Å². The van der Waals surface area contributed by atoms with Gasteiger partial charge in [0.2, 0.25) is 0 Å². The number of urea groups is 1. The van der Waals surface area contributed by atoms with Gasteiger partial charge in [-0.3, -0.25) is 0 Å². The van der Waals surface area contributed by atoms with Gasteiger partial charge in [-0.2, -0.15) is 0 Å². The van der Waals surface area contributed by atoms with Crippen LogP contribution < -0.4 is 16.0 Å². The lowest BCUT2D eigenvalue weighted by molar-refractivity contribution is 0.241. The van der Waals surface area contributed by atoms with Gasteiger partial charge in [-0.05, 0) is 30.2 Å². The molecule has 0 aliphatic carbocycles. The number of amides is 2. The van der Waals surface area contributed by atoms with Crippen LogP contribution in [0.4, 0.5) is 10.6 Å². The maximum Gasteiger partial charge on any atom is 0.314 e. The molecular formula is C18H21N5O. The van der Waals surface area contributed by atoms with Gasteiger partial charge in [0.25, 0.3) is 0 Å². The van der Waals surface area contributed by atoms with Crippen LogP contribution in [-0.4, -0.2) is 35.6 Å². The van der Waals surface area contributed by atoms with Crippen molar-refractivity contribution < 1.29 is 4.79 Å². The number of nitrogens with zero attached hydrogens (tertiary/aromatic N) is 1. The third-order valence-corrected chi connectivity index (χ3v) is 3.74. The van der Waals surface area contributed by atoms with Crippen molar-refractivity contribution in [3.63, 3.8) is 0 Å². The summed E-state index contributed by atoms with van der Waals surface area (Å²) in [7, 11) is 0. The van der Waals surface area contributed by atoms with E-state index in [-0.39, 0.29) is 6.03 Å². The van der Waals surface area contributed by atoms with Gasteiger partial charge < -0.3 is 20.9 Å². The third kappa shape index (κ3) is 4.25. The summed E-state index contributed by atoms with van der Waals surface area (Å²) in [5, 5.41) is 10.0. The molecule has 0 bridgehead atoms. The molecule has 1 aromatic carbocycles. The highest BCUT2D eigenvalue weighted by Crippen LogP contribution is 2.17. The average Bonchev–Trinajstić information content (AvgIpc) is 3.03. The van der Waals surface area contributed by atoms with Crippen molar-refractivity contribution in [3.8, 4) is 0 Å². The molecular weight excluding hydrogens is 302 g/mol. The normalized spacial score (nSPS) is 10.5. The third-order valence-electron chi connectivity index (χ3n) is 3.74. The molecule has 2 heterocycles. The van der Waals surface area contributed by atoms with Crippen molar-refractivity contribution in [1.82, 2.24) is 20.6 Å². The van der Waals surface area contributed by atoms with E-state index >= 15 is 0 Å². The quantitative estimate of drug-likeness (QED) is 0.504. The SMILES string of the molecule is O=C(NCCNc1ccccn1)NCCc1c[nH]c2ccccc12. The van der Waals surface area contributed by atoms with Crippen molar-refractivity contribution >= 4 is 22.8 Å². The number of benzene rings is 1. The van der Waals surface area contributed by atoms with Gasteiger partial charge in [-0.1, -0.05) is 24.3 Å². The van der Waals surface area contributed by atoms with Crippen LogP contribution in [-0.2, 0) is 6.42 Å². The predicted molar refractivity (Wildman–Crippen MR) is 96.1 cm³/mol. The van der Waals surface area contributed by atoms with Crippen molar-refractivity contribution in [1.29, 1.82) is 0 Å². The average molecular weight is 323 g/mol. The fourth-order valence-electron chi connectivity index (χ4n) is 2.55. The van der Waals surface area contributed by atoms with Gasteiger partial charge in [0.15, 0.2) is 0 Å². The lowest BCUT2D eigenvalue weighted by Crippen LogP contribution is -2.38. The second-order valence-corrected chi connectivity index (χ2v) is 5.43. The molecule has 0 radical (unpaired) electrons. The van der Waals surface area contributed by atoms with Crippen LogP contribution in [0, 0.1) is 0 Å². The Kier molecular flexibility index (Phi) is 5.29. The van der Waals surface area contributed by atoms with Gasteiger partial charge in [0.05, 0.1) is 0 Å². The molecule has 24 heavy (non-hydrogen) atoms. The number of hydrogen-bond acceptors (Lipinski definition) is 3. The van der Waals surface area contributed by atoms with E-state index in [4.69, 9.17) is 0 Å². The van der Waals surface area contributed by atoms with Gasteiger partial charge >= 0.3 is 6.03 Å². The molecule has 3 aromatic rings. The lowest BCUT2D eigenvalue weighted by Gasteiger charge is -2.08. The number of H-pyrrole nitrogens is 1. The Bertz CT molecular complexity index is 784. The molecule has 6 nitrogen and oxygen atoms in total. The molecule has 2 aromatic heterocycles. The summed E-state index contributed by atoms with van der Waals surface area (Å²) in [4.78, 5) is 19.2. The fraction of sp³-hybridized carbons (Fsp3) is 0.222. The Morgan fingerprint density at radius 2 is 1.83 bits per heavy atom. The Labute approximate surface area is 140 Å². The lowest BCUT2D eigenvalue weighted by atomic mass is 10.1. The van der Waals surface area contributed by atoms with E-state index in [1.165, 1.54) is 10.9 Å². The minimum atomic E-state index is -0.155. The molecule has 124 valence electrons. The van der Waals surface area contributed by atoms with Crippen LogP contribution >= 0.6 is 0 Å². The molecule has 2 amide bonds. The number of fused-ring (bicyclic) bond motifs is 1. The summed E-state index contributed by atoms with van der Waals surface area (Å²) in [5.74, 6) is 0.805. The first-order valence-corrected chi connectivity index (χ1v) is 8.04. The summed E-state index contributed by atoms with van der Waals surface area (Å²) in [6.45, 7) is 1.77. The largest absolute Gasteiger partial charge is 0.368 e. The molecule has 0 spiro atoms. The first-order valence-electron chi connectivity index (χ1n) is 8.04. The van der Waals surface area contributed by atoms with Crippen molar-refractivity contribution in [2.75, 3.05) is 25.0 Å². The smallest absolute Gasteiger partial charge is 0.314 e. The Hall–Kier alpha value is -3.02. The van der Waals surface area contributed by atoms with E-state index in [0.29, 0.717) is 19.6 Å². The zero-order chi connectivity index (χ0) is 16.6. The van der Waals surface area contributed by atoms with Crippen LogP contribution in [0.2, 0.25) is 0 Å². The van der Waals surface area contributed by atoms with E-state index in [2.05, 4.69) is 32.0 Å². The Morgan fingerprint density at radius 3 is 2.71 bits per heavy atom. The first-order chi connectivity index (χ1) is 11.8. The Morgan fingerprint density at radius 1 is 1.00 bits per heavy atom. The van der Waals surface area contributed by atoms with E-state index in [9.17, 15) is 4.79 Å². The number of carbonyl (C=O) groups excluding carboxylic acids is 1. The van der Waals surface area contributed by atoms with Gasteiger partial charge in [0.1, 0.15) is 5.82 Å². The van der Waals surface area contributed by atoms with E-state index < -0.39 is 0 Å². The zero-order valence-corrected chi connectivity index (χ0v) is 13.4. The van der Waals surface area contributed by atoms with Crippen molar-refractivity contribution in [2.24, 2.45) is 0 Å². The molecule has 3 rings (SSSR count). The van der Waals surface area contributed by atoms with E-state index in [1.54, 1.807) is 6.20 Å². The van der Waals surface area contributed by atoms with Crippen molar-refractivity contribution in [3.05, 3.63) is 60.4 Å². The molecule has 6 heteroatoms. The molecule has 4 N–H and O–H groups in total. The van der Waals surface area contributed by atoms with Crippen LogP contribution in [0.3, 0.4) is 0 Å². The fourth-order valence-corrected chi connectivity index (χ4v) is 2.55. The molecule has 0 aliphatic heterocycles. The minimum Gasteiger partial charge on any atom is -0.368 e. The second kappa shape index (κ2) is 8.01. The molecule has 0 saturated heterocycles. The van der Waals surface area contributed by atoms with Gasteiger partial charge in [0, 0.05) is 42.9 Å². The number of nitrogens with one attached hydrogen (secondary N) is 4. The highest BCUT2D eigenvalue weighted by molar-refractivity contribution is 5.83. The summed E-state index contributed by atoms with van der Waals surface area (Å²) >= 11 is 0. The topological polar surface area (TPSA) is 81.8 Å². The minimum absolute atomic E-state index is 0.155. The number of anilines is 1. The van der Waals surface area contributed by atoms with Gasteiger partial charge in [-0.25, -0.2) is 9.78 Å². The number of aromatic nitrogens is 2. The van der Waals surface area contributed by atoms with Crippen LogP contribution in [0.15, 0.2) is 54.9 Å². The van der Waals surface area contributed by atoms with Gasteiger partial charge in [-0.15, -0.1) is 0 Å². The second-order valence-electron chi connectivity index (χ2n) is 5.43. The molecule has 0 unspecified atom stereocenters. The maximum absolute atomic E-state index is 11.8. The number of para-hydroxylation sites is 1. The highest BCUT2D eigenvalue weighted by Gasteiger charge is 2.04. The maximum atomic E-state index is 11.8. The molecule has 0 aliphatic rings. The number of pyridine rings is 1. The summed E-state index contributed by atoms with van der Waals surface area (Å²) in [6, 6.07) is 13.7. The Balaban J connectivity index is 1.34. The summed E-state index contributed by atoms with van der Waals surface area (Å²) < 4.78 is 0. The van der Waals surface area contributed by atoms with E-state index in [1.807, 2.05) is 42.6 Å². The summed E-state index contributed by atoms with van der Waals surface area (Å²) in [5.41, 5.74) is 2.33. The standard InChI is InChI=1S/C18H21N5O/c24-18(22-12-11-20-17-7-3-4-9-19-17)21-10-8-14-13-23-16-6-2-1-5-15(14)16/h1-7,9,13,23H,8,10-12H2,(H,19,20)(H2,21,22,24). The van der Waals surface area contributed by atoms with Crippen LogP contribution in [0.5, 0.6) is 0 Å². The van der Waals surface area contributed by atoms with Crippen LogP contribution in [0.1, 0.15) is 5.56 Å². The monoisotopic (exact) mass is 323 g/mol. The molecule has 0 fully saturated rings. The molecule has 0 atom stereocenters.